The Bertz CT molecular complexity index is 1050. The van der Waals surface area contributed by atoms with Crippen molar-refractivity contribution in [2.75, 3.05) is 12.4 Å². The molecule has 31 heavy (non-hydrogen) atoms. The molecule has 4 rings (SSSR count). The number of methoxy groups -OCH3 is 1. The summed E-state index contributed by atoms with van der Waals surface area (Å²) in [6.45, 7) is 4.04. The zero-order valence-electron chi connectivity index (χ0n) is 17.6. The summed E-state index contributed by atoms with van der Waals surface area (Å²) in [6.07, 6.45) is 1.43. The third kappa shape index (κ3) is 4.76. The largest absolute Gasteiger partial charge is 0.443 e. The van der Waals surface area contributed by atoms with Gasteiger partial charge in [-0.3, -0.25) is 5.10 Å². The minimum atomic E-state index is -1.22. The van der Waals surface area contributed by atoms with Crippen molar-refractivity contribution in [1.82, 2.24) is 30.1 Å². The van der Waals surface area contributed by atoms with Gasteiger partial charge in [-0.1, -0.05) is 0 Å². The SMILES string of the molecule is COCc1cc2c(Nc3cc(C4CC(F)C(OC(=O)NC(C)C)C4)n[nH]3)nccn2n1. The number of aromatic amines is 1. The Morgan fingerprint density at radius 2 is 2.23 bits per heavy atom. The monoisotopic (exact) mass is 431 g/mol. The van der Waals surface area contributed by atoms with Crippen molar-refractivity contribution in [3.63, 3.8) is 0 Å². The van der Waals surface area contributed by atoms with E-state index in [0.717, 1.165) is 11.2 Å². The van der Waals surface area contributed by atoms with Crippen LogP contribution in [0.2, 0.25) is 0 Å². The van der Waals surface area contributed by atoms with E-state index in [1.807, 2.05) is 26.0 Å². The molecule has 3 aromatic rings. The van der Waals surface area contributed by atoms with Crippen LogP contribution >= 0.6 is 0 Å². The maximum atomic E-state index is 14.4. The second-order valence-corrected chi connectivity index (χ2v) is 7.93. The lowest BCUT2D eigenvalue weighted by Crippen LogP contribution is -2.35. The maximum Gasteiger partial charge on any atom is 0.407 e. The van der Waals surface area contributed by atoms with Crippen molar-refractivity contribution in [1.29, 1.82) is 0 Å². The first-order valence-electron chi connectivity index (χ1n) is 10.2. The van der Waals surface area contributed by atoms with E-state index in [1.54, 1.807) is 24.0 Å². The van der Waals surface area contributed by atoms with Crippen molar-refractivity contribution >= 4 is 23.2 Å². The topological polar surface area (TPSA) is 118 Å². The highest BCUT2D eigenvalue weighted by molar-refractivity contribution is 5.72. The van der Waals surface area contributed by atoms with Crippen LogP contribution in [0, 0.1) is 0 Å². The fraction of sp³-hybridized carbons (Fsp3) is 0.500. The summed E-state index contributed by atoms with van der Waals surface area (Å²) < 4.78 is 26.5. The van der Waals surface area contributed by atoms with Crippen molar-refractivity contribution in [3.05, 3.63) is 35.9 Å². The highest BCUT2D eigenvalue weighted by atomic mass is 19.1. The van der Waals surface area contributed by atoms with Gasteiger partial charge in [0.1, 0.15) is 23.6 Å². The fourth-order valence-corrected chi connectivity index (χ4v) is 3.74. The van der Waals surface area contributed by atoms with Crippen LogP contribution < -0.4 is 10.6 Å². The van der Waals surface area contributed by atoms with Crippen LogP contribution in [-0.4, -0.2) is 56.3 Å². The number of alkyl carbamates (subject to hydrolysis) is 1. The van der Waals surface area contributed by atoms with Gasteiger partial charge in [0.25, 0.3) is 0 Å². The number of halogens is 1. The van der Waals surface area contributed by atoms with Crippen LogP contribution in [0.3, 0.4) is 0 Å². The summed E-state index contributed by atoms with van der Waals surface area (Å²) in [5.41, 5.74) is 2.29. The average Bonchev–Trinajstić information content (AvgIpc) is 3.41. The van der Waals surface area contributed by atoms with Crippen LogP contribution in [-0.2, 0) is 16.1 Å². The number of nitrogens with zero attached hydrogens (tertiary/aromatic N) is 4. The van der Waals surface area contributed by atoms with Crippen molar-refractivity contribution < 1.29 is 18.7 Å². The molecular weight excluding hydrogens is 405 g/mol. The summed E-state index contributed by atoms with van der Waals surface area (Å²) in [7, 11) is 1.62. The Morgan fingerprint density at radius 1 is 1.39 bits per heavy atom. The van der Waals surface area contributed by atoms with Gasteiger partial charge in [0, 0.05) is 37.5 Å². The molecule has 0 spiro atoms. The van der Waals surface area contributed by atoms with Crippen LogP contribution in [0.25, 0.3) is 5.52 Å². The second-order valence-electron chi connectivity index (χ2n) is 7.93. The normalized spacial score (nSPS) is 21.0. The first-order valence-corrected chi connectivity index (χ1v) is 10.2. The molecule has 1 aliphatic carbocycles. The molecule has 0 bridgehead atoms. The summed E-state index contributed by atoms with van der Waals surface area (Å²) >= 11 is 0. The van der Waals surface area contributed by atoms with E-state index in [-0.39, 0.29) is 18.4 Å². The summed E-state index contributed by atoms with van der Waals surface area (Å²) in [6, 6.07) is 3.65. The average molecular weight is 431 g/mol. The Balaban J connectivity index is 1.43. The van der Waals surface area contributed by atoms with E-state index in [1.165, 1.54) is 0 Å². The predicted molar refractivity (Wildman–Crippen MR) is 111 cm³/mol. The van der Waals surface area contributed by atoms with E-state index in [2.05, 4.69) is 30.9 Å². The van der Waals surface area contributed by atoms with Crippen LogP contribution in [0.4, 0.5) is 20.8 Å². The Morgan fingerprint density at radius 3 is 3.00 bits per heavy atom. The number of amides is 1. The van der Waals surface area contributed by atoms with Gasteiger partial charge in [-0.2, -0.15) is 10.2 Å². The van der Waals surface area contributed by atoms with Gasteiger partial charge in [0.15, 0.2) is 5.82 Å². The minimum Gasteiger partial charge on any atom is -0.443 e. The number of nitrogens with one attached hydrogen (secondary N) is 3. The smallest absolute Gasteiger partial charge is 0.407 e. The number of anilines is 2. The highest BCUT2D eigenvalue weighted by Gasteiger charge is 2.39. The van der Waals surface area contributed by atoms with Crippen molar-refractivity contribution in [2.24, 2.45) is 0 Å². The molecule has 3 aromatic heterocycles. The Kier molecular flexibility index (Phi) is 6.03. The molecule has 3 N–H and O–H groups in total. The number of alkyl halides is 1. The molecule has 1 saturated carbocycles. The quantitative estimate of drug-likeness (QED) is 0.526. The second kappa shape index (κ2) is 8.88. The molecule has 0 aromatic carbocycles. The molecular formula is C20H26FN7O3. The molecule has 10 nitrogen and oxygen atoms in total. The number of hydrogen-bond acceptors (Lipinski definition) is 7. The maximum absolute atomic E-state index is 14.4. The number of carbonyl (C=O) groups excluding carboxylic acids is 1. The molecule has 0 aliphatic heterocycles. The van der Waals surface area contributed by atoms with E-state index < -0.39 is 18.4 Å². The van der Waals surface area contributed by atoms with Gasteiger partial charge in [-0.15, -0.1) is 0 Å². The molecule has 1 fully saturated rings. The number of hydrogen-bond donors (Lipinski definition) is 3. The van der Waals surface area contributed by atoms with Crippen LogP contribution in [0.1, 0.15) is 44.0 Å². The third-order valence-electron chi connectivity index (χ3n) is 5.10. The summed E-state index contributed by atoms with van der Waals surface area (Å²) in [4.78, 5) is 16.2. The lowest BCUT2D eigenvalue weighted by Gasteiger charge is -2.16. The van der Waals surface area contributed by atoms with E-state index >= 15 is 0 Å². The number of aromatic nitrogens is 5. The molecule has 0 radical (unpaired) electrons. The van der Waals surface area contributed by atoms with Crippen LogP contribution in [0.5, 0.6) is 0 Å². The molecule has 3 atom stereocenters. The Hall–Kier alpha value is -3.21. The molecule has 1 aliphatic rings. The van der Waals surface area contributed by atoms with Gasteiger partial charge in [0.2, 0.25) is 0 Å². The van der Waals surface area contributed by atoms with Gasteiger partial charge in [-0.05, 0) is 32.8 Å². The highest BCUT2D eigenvalue weighted by Crippen LogP contribution is 2.38. The fourth-order valence-electron chi connectivity index (χ4n) is 3.74. The number of H-pyrrole nitrogens is 1. The summed E-state index contributed by atoms with van der Waals surface area (Å²) in [5.74, 6) is 1.09. The molecule has 3 unspecified atom stereocenters. The molecule has 0 saturated heterocycles. The first kappa shape index (κ1) is 21.0. The molecule has 166 valence electrons. The Labute approximate surface area is 178 Å². The summed E-state index contributed by atoms with van der Waals surface area (Å²) in [5, 5.41) is 17.5. The molecule has 3 heterocycles. The van der Waals surface area contributed by atoms with E-state index in [4.69, 9.17) is 9.47 Å². The zero-order chi connectivity index (χ0) is 22.0. The van der Waals surface area contributed by atoms with Crippen molar-refractivity contribution in [3.8, 4) is 0 Å². The standard InChI is InChI=1S/C20H26FN7O3/c1-11(2)23-20(29)31-17-7-12(6-14(17)21)15-9-18(26-25-15)24-19-16-8-13(10-30-3)27-28(16)5-4-22-19/h4-5,8-9,11-12,14,17H,6-7,10H2,1-3H3,(H,23,29)(H2,22,24,25,26). The minimum absolute atomic E-state index is 0.0674. The van der Waals surface area contributed by atoms with E-state index in [9.17, 15) is 9.18 Å². The number of rotatable bonds is 7. The predicted octanol–water partition coefficient (Wildman–Crippen LogP) is 3.06. The van der Waals surface area contributed by atoms with Gasteiger partial charge >= 0.3 is 6.09 Å². The number of ether oxygens (including phenoxy) is 2. The number of fused-ring (bicyclic) bond motifs is 1. The number of carbonyl (C=O) groups is 1. The third-order valence-corrected chi connectivity index (χ3v) is 5.10. The lowest BCUT2D eigenvalue weighted by atomic mass is 10.0. The van der Waals surface area contributed by atoms with Gasteiger partial charge < -0.3 is 20.1 Å². The van der Waals surface area contributed by atoms with Crippen LogP contribution in [0.15, 0.2) is 24.5 Å². The zero-order valence-corrected chi connectivity index (χ0v) is 17.6. The first-order chi connectivity index (χ1) is 14.9. The molecule has 1 amide bonds. The van der Waals surface area contributed by atoms with E-state index in [0.29, 0.717) is 30.4 Å². The van der Waals surface area contributed by atoms with Gasteiger partial charge in [0.05, 0.1) is 18.0 Å². The molecule has 11 heteroatoms. The lowest BCUT2D eigenvalue weighted by molar-refractivity contribution is 0.0593. The van der Waals surface area contributed by atoms with Crippen molar-refractivity contribution in [2.45, 2.75) is 57.5 Å². The van der Waals surface area contributed by atoms with Gasteiger partial charge in [-0.25, -0.2) is 18.7 Å².